The van der Waals surface area contributed by atoms with Gasteiger partial charge in [-0.25, -0.2) is 0 Å². The molecule has 0 atom stereocenters. The van der Waals surface area contributed by atoms with Crippen molar-refractivity contribution in [3.05, 3.63) is 17.5 Å². The van der Waals surface area contributed by atoms with E-state index in [1.54, 1.807) is 13.1 Å². The highest BCUT2D eigenvalue weighted by atomic mass is 16.4. The van der Waals surface area contributed by atoms with E-state index in [1.165, 1.54) is 4.68 Å². The molecule has 1 aromatic heterocycles. The first kappa shape index (κ1) is 16.2. The standard InChI is InChI=1S/C14H23N3O3/c1-5-10-8-11(17(4)16-10)12(18)15-9-14(6-2,7-3)13(19)20/h8H,5-7,9H2,1-4H3,(H,15,18)(H,19,20). The Labute approximate surface area is 119 Å². The summed E-state index contributed by atoms with van der Waals surface area (Å²) < 4.78 is 1.52. The minimum atomic E-state index is -0.901. The third-order valence-corrected chi connectivity index (χ3v) is 3.92. The van der Waals surface area contributed by atoms with Crippen molar-refractivity contribution < 1.29 is 14.7 Å². The highest BCUT2D eigenvalue weighted by Crippen LogP contribution is 2.25. The Morgan fingerprint density at radius 2 is 1.95 bits per heavy atom. The molecule has 2 N–H and O–H groups in total. The van der Waals surface area contributed by atoms with E-state index in [0.29, 0.717) is 18.5 Å². The fourth-order valence-electron chi connectivity index (χ4n) is 2.13. The Morgan fingerprint density at radius 1 is 1.35 bits per heavy atom. The van der Waals surface area contributed by atoms with Crippen LogP contribution in [0.2, 0.25) is 0 Å². The number of nitrogens with zero attached hydrogens (tertiary/aromatic N) is 2. The number of carbonyl (C=O) groups is 2. The minimum Gasteiger partial charge on any atom is -0.481 e. The molecule has 0 aromatic carbocycles. The van der Waals surface area contributed by atoms with Gasteiger partial charge in [0.25, 0.3) is 5.91 Å². The second-order valence-corrected chi connectivity index (χ2v) is 4.97. The number of rotatable bonds is 7. The molecule has 1 aromatic rings. The quantitative estimate of drug-likeness (QED) is 0.795. The van der Waals surface area contributed by atoms with Crippen LogP contribution in [-0.2, 0) is 18.3 Å². The summed E-state index contributed by atoms with van der Waals surface area (Å²) in [6.07, 6.45) is 1.71. The predicted octanol–water partition coefficient (Wildman–Crippen LogP) is 1.60. The zero-order chi connectivity index (χ0) is 15.3. The van der Waals surface area contributed by atoms with Crippen LogP contribution >= 0.6 is 0 Å². The summed E-state index contributed by atoms with van der Waals surface area (Å²) in [5.74, 6) is -1.16. The molecule has 0 aliphatic rings. The fraction of sp³-hybridized carbons (Fsp3) is 0.643. The van der Waals surface area contributed by atoms with Gasteiger partial charge in [-0.3, -0.25) is 14.3 Å². The SMILES string of the molecule is CCc1cc(C(=O)NCC(CC)(CC)C(=O)O)n(C)n1. The molecule has 1 amide bonds. The van der Waals surface area contributed by atoms with E-state index in [2.05, 4.69) is 10.4 Å². The topological polar surface area (TPSA) is 84.2 Å². The maximum absolute atomic E-state index is 12.1. The smallest absolute Gasteiger partial charge is 0.311 e. The maximum atomic E-state index is 12.1. The second kappa shape index (κ2) is 6.54. The highest BCUT2D eigenvalue weighted by Gasteiger charge is 2.35. The van der Waals surface area contributed by atoms with Gasteiger partial charge in [-0.2, -0.15) is 5.10 Å². The number of carbonyl (C=O) groups excluding carboxylic acids is 1. The van der Waals surface area contributed by atoms with Gasteiger partial charge in [0.2, 0.25) is 0 Å². The fourth-order valence-corrected chi connectivity index (χ4v) is 2.13. The van der Waals surface area contributed by atoms with Crippen molar-refractivity contribution in [3.63, 3.8) is 0 Å². The van der Waals surface area contributed by atoms with Crippen molar-refractivity contribution in [1.82, 2.24) is 15.1 Å². The number of aliphatic carboxylic acids is 1. The summed E-state index contributed by atoms with van der Waals surface area (Å²) in [5, 5.41) is 16.3. The van der Waals surface area contributed by atoms with Crippen LogP contribution in [0.3, 0.4) is 0 Å². The largest absolute Gasteiger partial charge is 0.481 e. The van der Waals surface area contributed by atoms with Crippen molar-refractivity contribution in [3.8, 4) is 0 Å². The Kier molecular flexibility index (Phi) is 5.30. The molecule has 0 spiro atoms. The van der Waals surface area contributed by atoms with Crippen LogP contribution in [0.5, 0.6) is 0 Å². The lowest BCUT2D eigenvalue weighted by Gasteiger charge is -2.26. The van der Waals surface area contributed by atoms with E-state index in [0.717, 1.165) is 12.1 Å². The molecule has 20 heavy (non-hydrogen) atoms. The van der Waals surface area contributed by atoms with Crippen LogP contribution < -0.4 is 5.32 Å². The summed E-state index contributed by atoms with van der Waals surface area (Å²) in [6.45, 7) is 5.74. The Bertz CT molecular complexity index is 490. The van der Waals surface area contributed by atoms with Gasteiger partial charge in [-0.15, -0.1) is 0 Å². The summed E-state index contributed by atoms with van der Waals surface area (Å²) >= 11 is 0. The monoisotopic (exact) mass is 281 g/mol. The number of aryl methyl sites for hydroxylation is 2. The van der Waals surface area contributed by atoms with Gasteiger partial charge in [0, 0.05) is 13.6 Å². The van der Waals surface area contributed by atoms with Gasteiger partial charge in [-0.05, 0) is 25.3 Å². The van der Waals surface area contributed by atoms with E-state index < -0.39 is 11.4 Å². The Hall–Kier alpha value is -1.85. The molecule has 0 bridgehead atoms. The molecule has 0 fully saturated rings. The molecule has 6 heteroatoms. The lowest BCUT2D eigenvalue weighted by Crippen LogP contribution is -2.42. The molecule has 0 radical (unpaired) electrons. The van der Waals surface area contributed by atoms with E-state index in [-0.39, 0.29) is 12.5 Å². The summed E-state index contributed by atoms with van der Waals surface area (Å²) in [7, 11) is 1.71. The van der Waals surface area contributed by atoms with E-state index >= 15 is 0 Å². The summed E-state index contributed by atoms with van der Waals surface area (Å²) in [5.41, 5.74) is 0.392. The molecular weight excluding hydrogens is 258 g/mol. The molecule has 0 unspecified atom stereocenters. The molecule has 1 rings (SSSR count). The average Bonchev–Trinajstić information content (AvgIpc) is 2.81. The van der Waals surface area contributed by atoms with Gasteiger partial charge in [-0.1, -0.05) is 20.8 Å². The van der Waals surface area contributed by atoms with Crippen molar-refractivity contribution >= 4 is 11.9 Å². The van der Waals surface area contributed by atoms with Crippen LogP contribution in [0.15, 0.2) is 6.07 Å². The van der Waals surface area contributed by atoms with Crippen LogP contribution in [0.1, 0.15) is 49.8 Å². The zero-order valence-corrected chi connectivity index (χ0v) is 12.6. The normalized spacial score (nSPS) is 11.4. The zero-order valence-electron chi connectivity index (χ0n) is 12.6. The van der Waals surface area contributed by atoms with Gasteiger partial charge in [0.05, 0.1) is 11.1 Å². The minimum absolute atomic E-state index is 0.126. The Morgan fingerprint density at radius 3 is 2.35 bits per heavy atom. The first-order chi connectivity index (χ1) is 9.40. The van der Waals surface area contributed by atoms with Gasteiger partial charge in [0.1, 0.15) is 5.69 Å². The number of aromatic nitrogens is 2. The lowest BCUT2D eigenvalue weighted by molar-refractivity contribution is -0.149. The molecule has 1 heterocycles. The van der Waals surface area contributed by atoms with Gasteiger partial charge < -0.3 is 10.4 Å². The first-order valence-corrected chi connectivity index (χ1v) is 6.94. The molecule has 0 aliphatic heterocycles. The number of nitrogens with one attached hydrogen (secondary N) is 1. The molecule has 6 nitrogen and oxygen atoms in total. The highest BCUT2D eigenvalue weighted by molar-refractivity contribution is 5.93. The lowest BCUT2D eigenvalue weighted by atomic mass is 9.82. The Balaban J connectivity index is 2.80. The number of hydrogen-bond donors (Lipinski definition) is 2. The van der Waals surface area contributed by atoms with E-state index in [1.807, 2.05) is 20.8 Å². The average molecular weight is 281 g/mol. The number of carboxylic acid groups (broad SMARTS) is 1. The number of carboxylic acids is 1. The first-order valence-electron chi connectivity index (χ1n) is 6.94. The summed E-state index contributed by atoms with van der Waals surface area (Å²) in [6, 6.07) is 1.73. The number of hydrogen-bond acceptors (Lipinski definition) is 3. The van der Waals surface area contributed by atoms with Crippen molar-refractivity contribution in [2.45, 2.75) is 40.0 Å². The molecule has 112 valence electrons. The summed E-state index contributed by atoms with van der Waals surface area (Å²) in [4.78, 5) is 23.5. The maximum Gasteiger partial charge on any atom is 0.311 e. The van der Waals surface area contributed by atoms with Gasteiger partial charge >= 0.3 is 5.97 Å². The molecular formula is C14H23N3O3. The van der Waals surface area contributed by atoms with Crippen molar-refractivity contribution in [2.75, 3.05) is 6.54 Å². The van der Waals surface area contributed by atoms with E-state index in [4.69, 9.17) is 0 Å². The second-order valence-electron chi connectivity index (χ2n) is 4.97. The third kappa shape index (κ3) is 3.18. The number of amides is 1. The van der Waals surface area contributed by atoms with Crippen LogP contribution in [0.4, 0.5) is 0 Å². The predicted molar refractivity (Wildman–Crippen MR) is 75.6 cm³/mol. The van der Waals surface area contributed by atoms with Crippen molar-refractivity contribution in [1.29, 1.82) is 0 Å². The third-order valence-electron chi connectivity index (χ3n) is 3.92. The van der Waals surface area contributed by atoms with Crippen LogP contribution in [0.25, 0.3) is 0 Å². The van der Waals surface area contributed by atoms with Gasteiger partial charge in [0.15, 0.2) is 0 Å². The van der Waals surface area contributed by atoms with E-state index in [9.17, 15) is 14.7 Å². The van der Waals surface area contributed by atoms with Crippen molar-refractivity contribution in [2.24, 2.45) is 12.5 Å². The molecule has 0 aliphatic carbocycles. The van der Waals surface area contributed by atoms with Crippen LogP contribution in [-0.4, -0.2) is 33.3 Å². The molecule has 0 saturated heterocycles. The van der Waals surface area contributed by atoms with Crippen LogP contribution in [0, 0.1) is 5.41 Å². The molecule has 0 saturated carbocycles.